The van der Waals surface area contributed by atoms with E-state index in [9.17, 15) is 9.59 Å². The molecule has 0 radical (unpaired) electrons. The minimum absolute atomic E-state index is 0.311. The van der Waals surface area contributed by atoms with Gasteiger partial charge in [-0.15, -0.1) is 0 Å². The average Bonchev–Trinajstić information content (AvgIpc) is 2.88. The van der Waals surface area contributed by atoms with Crippen molar-refractivity contribution in [3.05, 3.63) is 29.7 Å². The summed E-state index contributed by atoms with van der Waals surface area (Å²) in [5, 5.41) is 3.09. The third-order valence-electron chi connectivity index (χ3n) is 3.43. The zero-order chi connectivity index (χ0) is 17.0. The number of esters is 1. The number of anilines is 1. The second-order valence-electron chi connectivity index (χ2n) is 5.47. The lowest BCUT2D eigenvalue weighted by molar-refractivity contribution is -0.148. The van der Waals surface area contributed by atoms with Gasteiger partial charge in [-0.3, -0.25) is 14.6 Å². The molecule has 0 saturated heterocycles. The summed E-state index contributed by atoms with van der Waals surface area (Å²) in [5.41, 5.74) is 1.51. The van der Waals surface area contributed by atoms with E-state index in [-0.39, 0.29) is 5.97 Å². The van der Waals surface area contributed by atoms with E-state index < -0.39 is 5.41 Å². The van der Waals surface area contributed by atoms with Crippen LogP contribution in [-0.4, -0.2) is 29.0 Å². The van der Waals surface area contributed by atoms with E-state index >= 15 is 0 Å². The number of ether oxygens (including phenoxy) is 1. The Morgan fingerprint density at radius 1 is 1.48 bits per heavy atom. The topological polar surface area (TPSA) is 81.2 Å². The first-order valence-corrected chi connectivity index (χ1v) is 8.03. The van der Waals surface area contributed by atoms with Crippen molar-refractivity contribution in [3.63, 3.8) is 0 Å². The zero-order valence-corrected chi connectivity index (χ0v) is 14.4. The van der Waals surface area contributed by atoms with Gasteiger partial charge >= 0.3 is 5.97 Å². The smallest absolute Gasteiger partial charge is 0.317 e. The first-order valence-electron chi connectivity index (χ1n) is 7.22. The molecule has 1 N–H and O–H groups in total. The summed E-state index contributed by atoms with van der Waals surface area (Å²) in [6, 6.07) is 3.72. The molecule has 2 heterocycles. The van der Waals surface area contributed by atoms with Crippen molar-refractivity contribution in [2.75, 3.05) is 11.9 Å². The highest BCUT2D eigenvalue weighted by Crippen LogP contribution is 2.34. The molecule has 0 aliphatic carbocycles. The van der Waals surface area contributed by atoms with Gasteiger partial charge in [0, 0.05) is 6.20 Å². The molecule has 2 aromatic rings. The van der Waals surface area contributed by atoms with Gasteiger partial charge in [0.2, 0.25) is 6.41 Å². The van der Waals surface area contributed by atoms with Crippen molar-refractivity contribution in [2.45, 2.75) is 33.1 Å². The van der Waals surface area contributed by atoms with Gasteiger partial charge in [-0.25, -0.2) is 4.98 Å². The molecule has 0 spiro atoms. The Balaban J connectivity index is 2.40. The summed E-state index contributed by atoms with van der Waals surface area (Å²) < 4.78 is 5.13. The molecule has 122 valence electrons. The maximum atomic E-state index is 12.1. The molecule has 0 fully saturated rings. The number of aryl methyl sites for hydroxylation is 1. The van der Waals surface area contributed by atoms with Crippen molar-refractivity contribution in [2.24, 2.45) is 0 Å². The maximum absolute atomic E-state index is 12.1. The summed E-state index contributed by atoms with van der Waals surface area (Å²) in [6.07, 6.45) is 2.27. The fourth-order valence-corrected chi connectivity index (χ4v) is 3.03. The molecule has 2 rings (SSSR count). The fourth-order valence-electron chi connectivity index (χ4n) is 2.11. The molecule has 0 aliphatic heterocycles. The van der Waals surface area contributed by atoms with E-state index in [1.165, 1.54) is 11.3 Å². The molecule has 23 heavy (non-hydrogen) atoms. The average molecular weight is 333 g/mol. The minimum Gasteiger partial charge on any atom is -0.465 e. The normalized spacial score (nSPS) is 11.1. The molecule has 0 atom stereocenters. The Morgan fingerprint density at radius 2 is 2.22 bits per heavy atom. The van der Waals surface area contributed by atoms with Gasteiger partial charge in [0.25, 0.3) is 0 Å². The molecule has 7 heteroatoms. The summed E-state index contributed by atoms with van der Waals surface area (Å²) >= 11 is 1.38. The van der Waals surface area contributed by atoms with E-state index in [0.29, 0.717) is 23.8 Å². The largest absolute Gasteiger partial charge is 0.465 e. The van der Waals surface area contributed by atoms with E-state index in [1.54, 1.807) is 27.0 Å². The molecule has 0 unspecified atom stereocenters. The van der Waals surface area contributed by atoms with Crippen LogP contribution in [0.1, 0.15) is 32.2 Å². The van der Waals surface area contributed by atoms with Crippen molar-refractivity contribution >= 4 is 28.8 Å². The van der Waals surface area contributed by atoms with Crippen LogP contribution >= 0.6 is 11.3 Å². The monoisotopic (exact) mass is 333 g/mol. The summed E-state index contributed by atoms with van der Waals surface area (Å²) in [6.45, 7) is 7.56. The van der Waals surface area contributed by atoms with E-state index in [2.05, 4.69) is 15.3 Å². The number of carbonyl (C=O) groups excluding carboxylic acids is 2. The Morgan fingerprint density at radius 3 is 2.87 bits per heavy atom. The number of nitrogens with zero attached hydrogens (tertiary/aromatic N) is 2. The Hall–Kier alpha value is -2.28. The number of rotatable bonds is 6. The van der Waals surface area contributed by atoms with E-state index in [1.807, 2.05) is 19.1 Å². The predicted molar refractivity (Wildman–Crippen MR) is 89.4 cm³/mol. The van der Waals surface area contributed by atoms with Gasteiger partial charge in [-0.2, -0.15) is 0 Å². The quantitative estimate of drug-likeness (QED) is 0.649. The van der Waals surface area contributed by atoms with Crippen LogP contribution in [0.25, 0.3) is 10.4 Å². The lowest BCUT2D eigenvalue weighted by Gasteiger charge is -2.22. The van der Waals surface area contributed by atoms with Crippen molar-refractivity contribution in [1.29, 1.82) is 0 Å². The van der Waals surface area contributed by atoms with Gasteiger partial charge < -0.3 is 10.1 Å². The first-order chi connectivity index (χ1) is 10.9. The van der Waals surface area contributed by atoms with Crippen LogP contribution in [0, 0.1) is 6.92 Å². The highest BCUT2D eigenvalue weighted by molar-refractivity contribution is 7.19. The van der Waals surface area contributed by atoms with Crippen LogP contribution in [0.3, 0.4) is 0 Å². The van der Waals surface area contributed by atoms with Crippen molar-refractivity contribution in [3.8, 4) is 10.4 Å². The molecular weight excluding hydrogens is 314 g/mol. The second-order valence-corrected chi connectivity index (χ2v) is 6.47. The second kappa shape index (κ2) is 6.87. The van der Waals surface area contributed by atoms with Crippen LogP contribution in [0.4, 0.5) is 5.13 Å². The molecule has 0 bridgehead atoms. The standard InChI is InChI=1S/C16H19N3O3S/c1-5-22-14(21)16(3,4)12-8-11(6-7-17-12)13-10(2)19-15(23-13)18-9-20/h6-9H,5H2,1-4H3,(H,18,19,20). The van der Waals surface area contributed by atoms with E-state index in [4.69, 9.17) is 4.74 Å². The van der Waals surface area contributed by atoms with E-state index in [0.717, 1.165) is 16.1 Å². The van der Waals surface area contributed by atoms with Gasteiger partial charge in [0.15, 0.2) is 5.13 Å². The number of aromatic nitrogens is 2. The number of carbonyl (C=O) groups is 2. The third kappa shape index (κ3) is 3.56. The number of amides is 1. The van der Waals surface area contributed by atoms with Gasteiger partial charge in [0.05, 0.1) is 22.9 Å². The Labute approximate surface area is 138 Å². The zero-order valence-electron chi connectivity index (χ0n) is 13.5. The Kier molecular flexibility index (Phi) is 5.10. The first kappa shape index (κ1) is 17.1. The van der Waals surface area contributed by atoms with Gasteiger partial charge in [0.1, 0.15) is 5.41 Å². The van der Waals surface area contributed by atoms with Crippen LogP contribution in [0.5, 0.6) is 0 Å². The summed E-state index contributed by atoms with van der Waals surface area (Å²) in [7, 11) is 0. The number of pyridine rings is 1. The van der Waals surface area contributed by atoms with Crippen LogP contribution in [0.2, 0.25) is 0 Å². The lowest BCUT2D eigenvalue weighted by atomic mass is 9.88. The fraction of sp³-hybridized carbons (Fsp3) is 0.375. The molecule has 0 aromatic carbocycles. The van der Waals surface area contributed by atoms with Crippen LogP contribution < -0.4 is 5.32 Å². The molecule has 0 aliphatic rings. The van der Waals surface area contributed by atoms with Gasteiger partial charge in [-0.05, 0) is 45.4 Å². The van der Waals surface area contributed by atoms with Crippen LogP contribution in [-0.2, 0) is 19.7 Å². The number of nitrogens with one attached hydrogen (secondary N) is 1. The number of thiazole rings is 1. The molecule has 0 saturated carbocycles. The molecular formula is C16H19N3O3S. The van der Waals surface area contributed by atoms with Gasteiger partial charge in [-0.1, -0.05) is 11.3 Å². The highest BCUT2D eigenvalue weighted by atomic mass is 32.1. The third-order valence-corrected chi connectivity index (χ3v) is 4.56. The van der Waals surface area contributed by atoms with Crippen molar-refractivity contribution in [1.82, 2.24) is 9.97 Å². The summed E-state index contributed by atoms with van der Waals surface area (Å²) in [4.78, 5) is 32.2. The maximum Gasteiger partial charge on any atom is 0.317 e. The molecule has 1 amide bonds. The van der Waals surface area contributed by atoms with Crippen LogP contribution in [0.15, 0.2) is 18.3 Å². The molecule has 6 nitrogen and oxygen atoms in total. The lowest BCUT2D eigenvalue weighted by Crippen LogP contribution is -2.32. The highest BCUT2D eigenvalue weighted by Gasteiger charge is 2.33. The predicted octanol–water partition coefficient (Wildman–Crippen LogP) is 2.92. The minimum atomic E-state index is -0.839. The molecule has 2 aromatic heterocycles. The SMILES string of the molecule is CCOC(=O)C(C)(C)c1cc(-c2sc(NC=O)nc2C)ccn1. The van der Waals surface area contributed by atoms with Crippen molar-refractivity contribution < 1.29 is 14.3 Å². The Bertz CT molecular complexity index is 725. The number of hydrogen-bond acceptors (Lipinski definition) is 6. The number of hydrogen-bond donors (Lipinski definition) is 1. The summed E-state index contributed by atoms with van der Waals surface area (Å²) in [5.74, 6) is -0.311.